The summed E-state index contributed by atoms with van der Waals surface area (Å²) < 4.78 is 0. The minimum Gasteiger partial charge on any atom is -0.481 e. The highest BCUT2D eigenvalue weighted by atomic mass is 35.5. The molecule has 0 bridgehead atoms. The molecule has 130 valence electrons. The van der Waals surface area contributed by atoms with E-state index in [1.807, 2.05) is 31.2 Å². The van der Waals surface area contributed by atoms with Crippen LogP contribution >= 0.6 is 11.6 Å². The van der Waals surface area contributed by atoms with Crippen LogP contribution in [0.2, 0.25) is 5.02 Å². The molecule has 6 heteroatoms. The maximum atomic E-state index is 12.9. The fourth-order valence-corrected chi connectivity index (χ4v) is 3.45. The van der Waals surface area contributed by atoms with Crippen LogP contribution in [0.4, 0.5) is 0 Å². The van der Waals surface area contributed by atoms with E-state index in [-0.39, 0.29) is 18.4 Å². The van der Waals surface area contributed by atoms with E-state index in [0.717, 1.165) is 11.3 Å². The van der Waals surface area contributed by atoms with Crippen LogP contribution in [-0.4, -0.2) is 40.0 Å². The Morgan fingerprint density at radius 2 is 2.04 bits per heavy atom. The number of aliphatic carboxylic acids is 1. The molecule has 2 atom stereocenters. The second-order valence-electron chi connectivity index (χ2n) is 6.50. The van der Waals surface area contributed by atoms with Gasteiger partial charge in [-0.3, -0.25) is 14.6 Å². The number of hydrogen-bond acceptors (Lipinski definition) is 3. The summed E-state index contributed by atoms with van der Waals surface area (Å²) in [6.45, 7) is 2.71. The Morgan fingerprint density at radius 1 is 1.24 bits per heavy atom. The van der Waals surface area contributed by atoms with Crippen molar-refractivity contribution in [2.75, 3.05) is 13.1 Å². The summed E-state index contributed by atoms with van der Waals surface area (Å²) in [5, 5.41) is 9.66. The average molecular weight is 359 g/mol. The monoisotopic (exact) mass is 358 g/mol. The van der Waals surface area contributed by atoms with Gasteiger partial charge in [-0.05, 0) is 36.6 Å². The number of carboxylic acid groups (broad SMARTS) is 1. The van der Waals surface area contributed by atoms with Gasteiger partial charge in [0.15, 0.2) is 0 Å². The molecule has 1 aliphatic rings. The Balaban J connectivity index is 1.90. The van der Waals surface area contributed by atoms with Crippen LogP contribution < -0.4 is 0 Å². The van der Waals surface area contributed by atoms with Crippen molar-refractivity contribution in [2.45, 2.75) is 13.3 Å². The topological polar surface area (TPSA) is 70.5 Å². The molecule has 1 aromatic heterocycles. The molecule has 1 saturated heterocycles. The molecule has 0 spiro atoms. The lowest BCUT2D eigenvalue weighted by Crippen LogP contribution is -2.45. The highest BCUT2D eigenvalue weighted by molar-refractivity contribution is 6.34. The molecule has 2 heterocycles. The average Bonchev–Trinajstić information content (AvgIpc) is 2.61. The summed E-state index contributed by atoms with van der Waals surface area (Å²) in [4.78, 5) is 30.2. The second kappa shape index (κ2) is 7.23. The van der Waals surface area contributed by atoms with Gasteiger partial charge in [-0.15, -0.1) is 0 Å². The van der Waals surface area contributed by atoms with E-state index in [0.29, 0.717) is 23.6 Å². The number of hydrogen-bond donors (Lipinski definition) is 1. The van der Waals surface area contributed by atoms with Crippen molar-refractivity contribution in [2.24, 2.45) is 11.8 Å². The highest BCUT2D eigenvalue weighted by Gasteiger charge is 2.32. The van der Waals surface area contributed by atoms with Gasteiger partial charge in [-0.2, -0.15) is 0 Å². The van der Waals surface area contributed by atoms with Crippen LogP contribution in [0.25, 0.3) is 11.3 Å². The fraction of sp³-hybridized carbons (Fsp3) is 0.316. The number of carboxylic acids is 1. The van der Waals surface area contributed by atoms with E-state index in [1.54, 1.807) is 23.2 Å². The van der Waals surface area contributed by atoms with Gasteiger partial charge in [0, 0.05) is 24.8 Å². The normalized spacial score (nSPS) is 20.3. The van der Waals surface area contributed by atoms with Gasteiger partial charge in [-0.25, -0.2) is 0 Å². The van der Waals surface area contributed by atoms with Gasteiger partial charge in [0.1, 0.15) is 0 Å². The van der Waals surface area contributed by atoms with Crippen molar-refractivity contribution in [1.82, 2.24) is 9.88 Å². The molecule has 1 fully saturated rings. The van der Waals surface area contributed by atoms with E-state index < -0.39 is 11.9 Å². The zero-order chi connectivity index (χ0) is 18.0. The lowest BCUT2D eigenvalue weighted by molar-refractivity contribution is -0.143. The number of halogens is 1. The Kier molecular flexibility index (Phi) is 5.04. The van der Waals surface area contributed by atoms with E-state index >= 15 is 0 Å². The standard InChI is InChI=1S/C19H19ClN2O3/c1-12-8-14(19(24)25)11-22(10-12)18(23)15-9-13(5-6-16(15)20)17-4-2-3-7-21-17/h2-7,9,12,14H,8,10-11H2,1H3,(H,24,25). The number of amides is 1. The fourth-order valence-electron chi connectivity index (χ4n) is 3.25. The van der Waals surface area contributed by atoms with Gasteiger partial charge < -0.3 is 10.0 Å². The number of benzene rings is 1. The second-order valence-corrected chi connectivity index (χ2v) is 6.90. The molecule has 2 aromatic rings. The van der Waals surface area contributed by atoms with Crippen molar-refractivity contribution in [3.63, 3.8) is 0 Å². The van der Waals surface area contributed by atoms with Crippen LogP contribution in [0.5, 0.6) is 0 Å². The molecular formula is C19H19ClN2O3. The minimum absolute atomic E-state index is 0.136. The van der Waals surface area contributed by atoms with Crippen molar-refractivity contribution in [3.8, 4) is 11.3 Å². The third kappa shape index (κ3) is 3.82. The van der Waals surface area contributed by atoms with E-state index in [9.17, 15) is 14.7 Å². The van der Waals surface area contributed by atoms with Crippen LogP contribution in [0, 0.1) is 11.8 Å². The zero-order valence-corrected chi connectivity index (χ0v) is 14.6. The molecule has 0 saturated carbocycles. The van der Waals surface area contributed by atoms with Crippen LogP contribution in [-0.2, 0) is 4.79 Å². The zero-order valence-electron chi connectivity index (χ0n) is 13.9. The molecule has 0 radical (unpaired) electrons. The Labute approximate surface area is 151 Å². The van der Waals surface area contributed by atoms with Gasteiger partial charge in [-0.1, -0.05) is 30.7 Å². The number of carbonyl (C=O) groups is 2. The smallest absolute Gasteiger partial charge is 0.308 e. The number of pyridine rings is 1. The summed E-state index contributed by atoms with van der Waals surface area (Å²) in [5.74, 6) is -1.50. The summed E-state index contributed by atoms with van der Waals surface area (Å²) in [6, 6.07) is 10.8. The first-order valence-electron chi connectivity index (χ1n) is 8.18. The SMILES string of the molecule is CC1CC(C(=O)O)CN(C(=O)c2cc(-c3ccccn3)ccc2Cl)C1. The third-order valence-electron chi connectivity index (χ3n) is 4.45. The highest BCUT2D eigenvalue weighted by Crippen LogP contribution is 2.28. The van der Waals surface area contributed by atoms with Gasteiger partial charge in [0.25, 0.3) is 5.91 Å². The van der Waals surface area contributed by atoms with Crippen molar-refractivity contribution < 1.29 is 14.7 Å². The van der Waals surface area contributed by atoms with Gasteiger partial charge in [0.2, 0.25) is 0 Å². The quantitative estimate of drug-likeness (QED) is 0.910. The third-order valence-corrected chi connectivity index (χ3v) is 4.78. The lowest BCUT2D eigenvalue weighted by atomic mass is 9.90. The molecule has 0 aliphatic carbocycles. The van der Waals surface area contributed by atoms with Crippen LogP contribution in [0.3, 0.4) is 0 Å². The molecule has 5 nitrogen and oxygen atoms in total. The lowest BCUT2D eigenvalue weighted by Gasteiger charge is -2.35. The molecule has 1 amide bonds. The molecule has 1 N–H and O–H groups in total. The Hall–Kier alpha value is -2.40. The number of likely N-dealkylation sites (tertiary alicyclic amines) is 1. The molecule has 1 aromatic carbocycles. The minimum atomic E-state index is -0.863. The van der Waals surface area contributed by atoms with Gasteiger partial charge >= 0.3 is 5.97 Å². The van der Waals surface area contributed by atoms with Crippen molar-refractivity contribution >= 4 is 23.5 Å². The number of piperidine rings is 1. The summed E-state index contributed by atoms with van der Waals surface area (Å²) in [5.41, 5.74) is 1.93. The van der Waals surface area contributed by atoms with E-state index in [1.165, 1.54) is 0 Å². The first-order valence-corrected chi connectivity index (χ1v) is 8.56. The van der Waals surface area contributed by atoms with Crippen LogP contribution in [0.15, 0.2) is 42.6 Å². The predicted octanol–water partition coefficient (Wildman–Crippen LogP) is 3.58. The maximum absolute atomic E-state index is 12.9. The number of aromatic nitrogens is 1. The molecule has 25 heavy (non-hydrogen) atoms. The summed E-state index contributed by atoms with van der Waals surface area (Å²) in [7, 11) is 0. The van der Waals surface area contributed by atoms with Crippen LogP contribution in [0.1, 0.15) is 23.7 Å². The largest absolute Gasteiger partial charge is 0.481 e. The summed E-state index contributed by atoms with van der Waals surface area (Å²) >= 11 is 6.25. The predicted molar refractivity (Wildman–Crippen MR) is 95.5 cm³/mol. The van der Waals surface area contributed by atoms with Gasteiger partial charge in [0.05, 0.1) is 22.2 Å². The van der Waals surface area contributed by atoms with Crippen molar-refractivity contribution in [3.05, 3.63) is 53.2 Å². The molecule has 2 unspecified atom stereocenters. The van der Waals surface area contributed by atoms with E-state index in [2.05, 4.69) is 4.98 Å². The number of rotatable bonds is 3. The molecular weight excluding hydrogens is 340 g/mol. The maximum Gasteiger partial charge on any atom is 0.308 e. The number of carbonyl (C=O) groups excluding carboxylic acids is 1. The Bertz CT molecular complexity index is 795. The first-order chi connectivity index (χ1) is 12.0. The molecule has 1 aliphatic heterocycles. The first kappa shape index (κ1) is 17.4. The Morgan fingerprint density at radius 3 is 2.72 bits per heavy atom. The number of nitrogens with zero attached hydrogens (tertiary/aromatic N) is 2. The summed E-state index contributed by atoms with van der Waals surface area (Å²) in [6.07, 6.45) is 2.27. The van der Waals surface area contributed by atoms with E-state index in [4.69, 9.17) is 11.6 Å². The molecule has 3 rings (SSSR count). The van der Waals surface area contributed by atoms with Crippen molar-refractivity contribution in [1.29, 1.82) is 0 Å².